The lowest BCUT2D eigenvalue weighted by molar-refractivity contribution is 1.15. The number of hydrogen-bond donors (Lipinski definition) is 0. The number of aromatic nitrogens is 3. The molecule has 5 nitrogen and oxygen atoms in total. The number of benzene rings is 8. The van der Waals surface area contributed by atoms with E-state index >= 15 is 0 Å². The van der Waals surface area contributed by atoms with Crippen LogP contribution < -0.4 is 42.6 Å². The summed E-state index contributed by atoms with van der Waals surface area (Å²) in [5.41, 5.74) is 23.3. The topological polar surface area (TPSA) is 29.2 Å². The van der Waals surface area contributed by atoms with Crippen LogP contribution in [0, 0.1) is 0 Å². The molecule has 0 unspecified atom stereocenters. The van der Waals surface area contributed by atoms with Crippen molar-refractivity contribution in [3.8, 4) is 11.4 Å². The van der Waals surface area contributed by atoms with Crippen LogP contribution in [-0.4, -0.2) is 27.5 Å². The lowest BCUT2D eigenvalue weighted by Crippen LogP contribution is -2.60. The van der Waals surface area contributed by atoms with Gasteiger partial charge in [-0.2, -0.15) is 0 Å². The molecule has 4 aliphatic rings. The maximum absolute atomic E-state index is 5.85. The van der Waals surface area contributed by atoms with Crippen molar-refractivity contribution in [1.29, 1.82) is 0 Å². The number of anilines is 6. The molecule has 60 heavy (non-hydrogen) atoms. The Hall–Kier alpha value is -7.76. The van der Waals surface area contributed by atoms with Gasteiger partial charge in [0.25, 0.3) is 13.4 Å². The molecule has 0 radical (unpaired) electrons. The zero-order chi connectivity index (χ0) is 38.8. The highest BCUT2D eigenvalue weighted by Crippen LogP contribution is 2.45. The Balaban J connectivity index is 1.08. The van der Waals surface area contributed by atoms with Crippen LogP contribution in [0.15, 0.2) is 188 Å². The summed E-state index contributed by atoms with van der Waals surface area (Å²) in [6.07, 6.45) is 0. The third kappa shape index (κ3) is 3.67. The Kier molecular flexibility index (Phi) is 5.75. The maximum atomic E-state index is 5.85. The predicted molar refractivity (Wildman–Crippen MR) is 252 cm³/mol. The highest BCUT2D eigenvalue weighted by Gasteiger charge is 2.44. The van der Waals surface area contributed by atoms with Gasteiger partial charge in [-0.1, -0.05) is 115 Å². The van der Waals surface area contributed by atoms with E-state index in [0.29, 0.717) is 0 Å². The summed E-state index contributed by atoms with van der Waals surface area (Å²) < 4.78 is 5.02. The zero-order valence-electron chi connectivity index (χ0n) is 32.3. The van der Waals surface area contributed by atoms with Crippen molar-refractivity contribution in [2.24, 2.45) is 0 Å². The summed E-state index contributed by atoms with van der Waals surface area (Å²) in [5, 5.41) is 3.59. The number of hydrogen-bond acceptors (Lipinski definition) is 3. The largest absolute Gasteiger partial charge is 0.311 e. The fraction of sp³-hybridized carbons (Fsp3) is 0. The zero-order valence-corrected chi connectivity index (χ0v) is 32.3. The van der Waals surface area contributed by atoms with Gasteiger partial charge in [-0.25, -0.2) is 4.98 Å². The molecule has 0 amide bonds. The van der Waals surface area contributed by atoms with Crippen LogP contribution in [-0.2, 0) is 0 Å². The van der Waals surface area contributed by atoms with Crippen molar-refractivity contribution in [3.63, 3.8) is 0 Å². The Labute approximate surface area is 346 Å². The van der Waals surface area contributed by atoms with Gasteiger partial charge < -0.3 is 14.4 Å². The molecule has 0 atom stereocenters. The minimum atomic E-state index is 0.0910. The van der Waals surface area contributed by atoms with Crippen LogP contribution >= 0.6 is 0 Å². The summed E-state index contributed by atoms with van der Waals surface area (Å²) in [6, 6.07) is 69.5. The van der Waals surface area contributed by atoms with Crippen molar-refractivity contribution in [2.45, 2.75) is 0 Å². The van der Waals surface area contributed by atoms with Crippen molar-refractivity contribution in [3.05, 3.63) is 188 Å². The minimum Gasteiger partial charge on any atom is -0.311 e. The molecule has 15 rings (SSSR count). The Morgan fingerprint density at radius 2 is 0.783 bits per heavy atom. The van der Waals surface area contributed by atoms with Crippen molar-refractivity contribution in [1.82, 2.24) is 14.1 Å². The summed E-state index contributed by atoms with van der Waals surface area (Å²) in [4.78, 5) is 10.8. The van der Waals surface area contributed by atoms with Crippen molar-refractivity contribution in [2.75, 3.05) is 9.80 Å². The SMILES string of the molecule is c1ccc(N2c3ccccc3B3c4ccccc4-n4c5cc6c7ccc8c9c7n(c6nc5c5ccc2c3c54)-c2ccccc2B9c2ccccc2N8c2ccccc2)cc1. The van der Waals surface area contributed by atoms with Gasteiger partial charge in [0.15, 0.2) is 0 Å². The molecule has 3 aromatic heterocycles. The van der Waals surface area contributed by atoms with Crippen LogP contribution in [0.2, 0.25) is 0 Å². The third-order valence-electron chi connectivity index (χ3n) is 13.9. The second-order valence-corrected chi connectivity index (χ2v) is 16.6. The Morgan fingerprint density at radius 1 is 0.350 bits per heavy atom. The van der Waals surface area contributed by atoms with Gasteiger partial charge in [0, 0.05) is 61.7 Å². The molecule has 0 aliphatic carbocycles. The van der Waals surface area contributed by atoms with E-state index in [9.17, 15) is 0 Å². The first-order chi connectivity index (χ1) is 29.8. The molecular weight excluding hydrogens is 728 g/mol. The van der Waals surface area contributed by atoms with Crippen LogP contribution in [0.1, 0.15) is 0 Å². The molecule has 0 saturated carbocycles. The normalized spacial score (nSPS) is 13.9. The standard InChI is InChI=1S/C53H31B2N5/c1-3-15-32(16-4-1)57-42-24-12-8-20-38(42)55-40-22-10-14-26-44(40)60-51-34(27-29-45(57)48(51)55)36-31-47-50(56-53(36)60)35-28-30-46-49-52(35)59(47)43-25-13-9-21-39(43)54(49)37-19-7-11-23-41(37)58(46)33-17-5-2-6-18-33/h1-31H. The fourth-order valence-electron chi connectivity index (χ4n) is 11.7. The van der Waals surface area contributed by atoms with Gasteiger partial charge in [0.05, 0.1) is 22.1 Å². The molecular formula is C53H31B2N5. The van der Waals surface area contributed by atoms with Gasteiger partial charge in [0.1, 0.15) is 5.65 Å². The van der Waals surface area contributed by atoms with Gasteiger partial charge in [-0.05, 0) is 106 Å². The number of para-hydroxylation sites is 6. The van der Waals surface area contributed by atoms with Crippen LogP contribution in [0.25, 0.3) is 55.2 Å². The number of fused-ring (bicyclic) bond motifs is 16. The first-order valence-electron chi connectivity index (χ1n) is 20.9. The van der Waals surface area contributed by atoms with Gasteiger partial charge in [-0.15, -0.1) is 0 Å². The predicted octanol–water partition coefficient (Wildman–Crippen LogP) is 8.50. The average Bonchev–Trinajstić information content (AvgIpc) is 3.82. The first kappa shape index (κ1) is 31.3. The van der Waals surface area contributed by atoms with Gasteiger partial charge in [0.2, 0.25) is 0 Å². The quantitative estimate of drug-likeness (QED) is 0.166. The summed E-state index contributed by atoms with van der Waals surface area (Å²) in [7, 11) is 0. The highest BCUT2D eigenvalue weighted by molar-refractivity contribution is 7.01. The lowest BCUT2D eigenvalue weighted by Gasteiger charge is -2.39. The van der Waals surface area contributed by atoms with Gasteiger partial charge >= 0.3 is 0 Å². The van der Waals surface area contributed by atoms with E-state index in [4.69, 9.17) is 4.98 Å². The molecule has 7 heterocycles. The van der Waals surface area contributed by atoms with E-state index in [1.807, 2.05) is 0 Å². The monoisotopic (exact) mass is 759 g/mol. The van der Waals surface area contributed by atoms with Crippen molar-refractivity contribution < 1.29 is 0 Å². The molecule has 0 spiro atoms. The highest BCUT2D eigenvalue weighted by atomic mass is 15.2. The maximum Gasteiger partial charge on any atom is 0.252 e. The second kappa shape index (κ2) is 11.0. The minimum absolute atomic E-state index is 0.0910. The van der Waals surface area contributed by atoms with E-state index < -0.39 is 0 Å². The van der Waals surface area contributed by atoms with E-state index in [0.717, 1.165) is 28.1 Å². The van der Waals surface area contributed by atoms with Crippen molar-refractivity contribution >= 4 is 124 Å². The molecule has 4 aliphatic heterocycles. The van der Waals surface area contributed by atoms with E-state index in [-0.39, 0.29) is 13.4 Å². The fourth-order valence-corrected chi connectivity index (χ4v) is 11.7. The first-order valence-corrected chi connectivity index (χ1v) is 20.9. The molecule has 8 aromatic carbocycles. The molecule has 0 saturated heterocycles. The average molecular weight is 759 g/mol. The smallest absolute Gasteiger partial charge is 0.252 e. The number of rotatable bonds is 2. The van der Waals surface area contributed by atoms with Gasteiger partial charge in [-0.3, -0.25) is 4.57 Å². The number of pyridine rings is 1. The molecule has 0 N–H and O–H groups in total. The van der Waals surface area contributed by atoms with E-state index in [1.165, 1.54) is 94.1 Å². The second-order valence-electron chi connectivity index (χ2n) is 16.6. The van der Waals surface area contributed by atoms with Crippen LogP contribution in [0.4, 0.5) is 34.1 Å². The lowest BCUT2D eigenvalue weighted by atomic mass is 9.34. The molecule has 0 fully saturated rings. The molecule has 7 heteroatoms. The van der Waals surface area contributed by atoms with E-state index in [1.54, 1.807) is 0 Å². The summed E-state index contributed by atoms with van der Waals surface area (Å²) >= 11 is 0. The summed E-state index contributed by atoms with van der Waals surface area (Å²) in [6.45, 7) is 0.182. The molecule has 274 valence electrons. The molecule has 11 aromatic rings. The Bertz CT molecular complexity index is 3460. The third-order valence-corrected chi connectivity index (χ3v) is 13.9. The van der Waals surface area contributed by atoms with Crippen LogP contribution in [0.5, 0.6) is 0 Å². The van der Waals surface area contributed by atoms with Crippen LogP contribution in [0.3, 0.4) is 0 Å². The number of nitrogens with zero attached hydrogens (tertiary/aromatic N) is 5. The van der Waals surface area contributed by atoms with E-state index in [2.05, 4.69) is 207 Å². The summed E-state index contributed by atoms with van der Waals surface area (Å²) in [5.74, 6) is 0. The molecule has 0 bridgehead atoms. The Morgan fingerprint density at radius 3 is 1.33 bits per heavy atom.